The number of imidazole rings is 2. The highest BCUT2D eigenvalue weighted by Gasteiger charge is 2.33. The van der Waals surface area contributed by atoms with E-state index in [-0.39, 0.29) is 71.0 Å². The van der Waals surface area contributed by atoms with Crippen molar-refractivity contribution in [1.82, 2.24) is 24.4 Å². The Kier molecular flexibility index (Phi) is 22.8. The average Bonchev–Trinajstić information content (AvgIpc) is 0.812. The number of hydrogen-bond donors (Lipinski definition) is 2. The first-order chi connectivity index (χ1) is 49.5. The van der Waals surface area contributed by atoms with Crippen LogP contribution in [0.1, 0.15) is 242 Å². The van der Waals surface area contributed by atoms with Crippen LogP contribution in [-0.4, -0.2) is 68.5 Å². The van der Waals surface area contributed by atoms with Gasteiger partial charge >= 0.3 is 5.69 Å². The van der Waals surface area contributed by atoms with Gasteiger partial charge in [-0.3, -0.25) is 20.2 Å². The quantitative estimate of drug-likeness (QED) is 0.0494. The molecule has 18 heteroatoms. The minimum Gasteiger partial charge on any atom is -0.502 e. The Morgan fingerprint density at radius 1 is 0.406 bits per heavy atom. The molecule has 7 aromatic carbocycles. The Bertz CT molecular complexity index is 4530. The van der Waals surface area contributed by atoms with Crippen molar-refractivity contribution in [3.8, 4) is 40.2 Å². The number of fused-ring (bicyclic) bond motifs is 12. The summed E-state index contributed by atoms with van der Waals surface area (Å²) in [7, 11) is 9.28. The van der Waals surface area contributed by atoms with E-state index in [0.29, 0.717) is 44.3 Å². The lowest BCUT2D eigenvalue weighted by Gasteiger charge is -2.29. The number of nitro benzene ring substituents is 2. The van der Waals surface area contributed by atoms with Gasteiger partial charge in [-0.25, -0.2) is 9.97 Å². The molecule has 0 unspecified atom stereocenters. The fraction of sp³-hybridized carbons (Fsp3) is 0.455. The van der Waals surface area contributed by atoms with Crippen molar-refractivity contribution in [2.24, 2.45) is 14.1 Å². The number of non-ortho nitro benzene ring substituents is 1. The molecular weight excluding hydrogens is 1330 g/mol. The van der Waals surface area contributed by atoms with Crippen molar-refractivity contribution in [3.05, 3.63) is 247 Å². The van der Waals surface area contributed by atoms with Crippen LogP contribution in [0.15, 0.2) is 110 Å². The summed E-state index contributed by atoms with van der Waals surface area (Å²) in [5, 5.41) is 38.4. The van der Waals surface area contributed by atoms with Crippen LogP contribution in [0.5, 0.6) is 40.2 Å². The van der Waals surface area contributed by atoms with Gasteiger partial charge in [0.25, 0.3) is 5.69 Å². The van der Waals surface area contributed by atoms with Gasteiger partial charge in [-0.1, -0.05) is 197 Å². The predicted octanol–water partition coefficient (Wildman–Crippen LogP) is 18.7. The molecule has 2 heterocycles. The Labute approximate surface area is 627 Å². The average molecular weight is 1440 g/mol. The minimum absolute atomic E-state index is 0.00835. The molecule has 2 N–H and O–H groups in total. The summed E-state index contributed by atoms with van der Waals surface area (Å²) in [5.41, 5.74) is 15.3. The maximum absolute atomic E-state index is 12.1. The summed E-state index contributed by atoms with van der Waals surface area (Å²) in [6.07, 6.45) is 10.0. The zero-order valence-corrected chi connectivity index (χ0v) is 66.9. The zero-order valence-electron chi connectivity index (χ0n) is 66.9. The van der Waals surface area contributed by atoms with E-state index in [1.807, 2.05) is 35.6 Å². The van der Waals surface area contributed by atoms with Crippen LogP contribution in [0.2, 0.25) is 0 Å². The molecule has 0 amide bonds. The van der Waals surface area contributed by atoms with E-state index < -0.39 is 27.0 Å². The van der Waals surface area contributed by atoms with Crippen molar-refractivity contribution < 1.29 is 43.4 Å². The summed E-state index contributed by atoms with van der Waals surface area (Å²) >= 11 is 0. The summed E-state index contributed by atoms with van der Waals surface area (Å²) < 4.78 is 46.4. The lowest BCUT2D eigenvalue weighted by Crippen LogP contribution is -2.22. The molecule has 12 bridgehead atoms. The fourth-order valence-corrected chi connectivity index (χ4v) is 14.1. The number of hydrogen-bond acceptors (Lipinski definition) is 14. The molecule has 0 radical (unpaired) electrons. The lowest BCUT2D eigenvalue weighted by atomic mass is 9.79. The van der Waals surface area contributed by atoms with Gasteiger partial charge in [-0.05, 0) is 133 Å². The second kappa shape index (κ2) is 30.7. The monoisotopic (exact) mass is 1440 g/mol. The van der Waals surface area contributed by atoms with Crippen molar-refractivity contribution in [3.63, 3.8) is 0 Å². The SMILES string of the molecule is COc1c2cc(C(C)(C)C)cc1Cc1cc(C(C)(C)C)cc(c1OCc1nccn1C)Cc1cc(C(C)(C)C)cc(c1OC)Cc1cc(C(C)(C)C)cc(c1OCc1nccn1C)Cc1cc(C(C)(C)C)cc(c1OC)Cc1cc(C(C)(C)C)cc(c1OCCNCc1cc([N+](=O)[O-])cc([N+](=O)[O-])c1O)C2. The molecule has 1 aliphatic rings. The van der Waals surface area contributed by atoms with Crippen LogP contribution < -0.4 is 33.7 Å². The van der Waals surface area contributed by atoms with E-state index in [1.54, 1.807) is 33.7 Å². The number of nitro groups is 2. The number of rotatable bonds is 17. The number of nitrogens with zero attached hydrogens (tertiary/aromatic N) is 6. The third kappa shape index (κ3) is 17.9. The predicted molar refractivity (Wildman–Crippen MR) is 421 cm³/mol. The van der Waals surface area contributed by atoms with Crippen LogP contribution in [0, 0.1) is 20.2 Å². The molecule has 0 spiro atoms. The molecule has 106 heavy (non-hydrogen) atoms. The highest BCUT2D eigenvalue weighted by molar-refractivity contribution is 5.63. The first kappa shape index (κ1) is 78.9. The molecule has 1 aliphatic carbocycles. The fourth-order valence-electron chi connectivity index (χ4n) is 14.1. The number of methoxy groups -OCH3 is 3. The van der Waals surface area contributed by atoms with Gasteiger partial charge in [0.15, 0.2) is 5.75 Å². The van der Waals surface area contributed by atoms with E-state index in [2.05, 4.69) is 203 Å². The van der Waals surface area contributed by atoms with Crippen LogP contribution >= 0.6 is 0 Å². The molecule has 0 atom stereocenters. The Morgan fingerprint density at radius 3 is 0.896 bits per heavy atom. The van der Waals surface area contributed by atoms with Crippen LogP contribution in [0.3, 0.4) is 0 Å². The standard InChI is InChI=1S/C88H111N7O11/c1-83(2,3)66-36-53-30-59-42-69(86(10,11)12)43-60(80(59)104-29-26-89-50-65-48-72(94(97)98)49-73(76(65)96)95(99)100)31-54-37-67(84(4,5)6)39-56(78(54)102-22)33-62-45-71(88(16,17)18)47-64(82(62)106-52-75-91-25-28-93(75)20)35-58-41-68(85(7,8)9)40-57(79(58)103-23)34-63-46-70(87(13,14)15)44-61(32-55(38-66)77(53)101-21)81(63)105-51-74-90-24-27-92(74)19/h24-25,27-28,36-49,89,96H,26,29-35,50-52H2,1-23H3. The molecule has 0 saturated carbocycles. The summed E-state index contributed by atoms with van der Waals surface area (Å²) in [4.78, 5) is 32.1. The molecule has 0 saturated heterocycles. The zero-order chi connectivity index (χ0) is 77.5. The van der Waals surface area contributed by atoms with Gasteiger partial charge < -0.3 is 48.0 Å². The molecule has 0 aliphatic heterocycles. The van der Waals surface area contributed by atoms with Crippen molar-refractivity contribution in [2.75, 3.05) is 34.5 Å². The number of aromatic nitrogens is 4. The number of benzene rings is 7. The van der Waals surface area contributed by atoms with Crippen molar-refractivity contribution in [2.45, 2.75) is 215 Å². The third-order valence-corrected chi connectivity index (χ3v) is 20.5. The van der Waals surface area contributed by atoms with Gasteiger partial charge in [0, 0.05) is 102 Å². The normalized spacial score (nSPS) is 13.2. The largest absolute Gasteiger partial charge is 0.502 e. The molecular formula is C88H111N7O11. The highest BCUT2D eigenvalue weighted by Crippen LogP contribution is 2.47. The van der Waals surface area contributed by atoms with E-state index in [0.717, 1.165) is 153 Å². The molecule has 9 aromatic rings. The first-order valence-electron chi connectivity index (χ1n) is 36.8. The highest BCUT2D eigenvalue weighted by atomic mass is 16.6. The first-order valence-corrected chi connectivity index (χ1v) is 36.8. The number of ether oxygens (including phenoxy) is 6. The van der Waals surface area contributed by atoms with Gasteiger partial charge in [-0.15, -0.1) is 0 Å². The topological polar surface area (TPSA) is 210 Å². The second-order valence-electron chi connectivity index (χ2n) is 34.9. The van der Waals surface area contributed by atoms with Crippen LogP contribution in [0.25, 0.3) is 0 Å². The Hall–Kier alpha value is -9.68. The minimum atomic E-state index is -0.822. The van der Waals surface area contributed by atoms with Gasteiger partial charge in [0.1, 0.15) is 66.0 Å². The van der Waals surface area contributed by atoms with Gasteiger partial charge in [-0.2, -0.15) is 0 Å². The van der Waals surface area contributed by atoms with Crippen LogP contribution in [0.4, 0.5) is 11.4 Å². The van der Waals surface area contributed by atoms with E-state index in [4.69, 9.17) is 38.4 Å². The summed E-state index contributed by atoms with van der Waals surface area (Å²) in [6, 6.07) is 29.6. The maximum atomic E-state index is 12.1. The Balaban J connectivity index is 1.30. The number of phenolic OH excluding ortho intramolecular Hbond substituents is 1. The van der Waals surface area contributed by atoms with Gasteiger partial charge in [0.05, 0.1) is 37.2 Å². The van der Waals surface area contributed by atoms with Crippen LogP contribution in [-0.2, 0) is 105 Å². The molecule has 2 aromatic heterocycles. The van der Waals surface area contributed by atoms with Gasteiger partial charge in [0.2, 0.25) is 0 Å². The summed E-state index contributed by atoms with van der Waals surface area (Å²) in [6.45, 7) is 41.1. The lowest BCUT2D eigenvalue weighted by molar-refractivity contribution is -0.394. The number of aryl methyl sites for hydroxylation is 2. The maximum Gasteiger partial charge on any atom is 0.317 e. The third-order valence-electron chi connectivity index (χ3n) is 20.5. The number of phenols is 1. The smallest absolute Gasteiger partial charge is 0.317 e. The molecule has 0 fully saturated rings. The number of aromatic hydroxyl groups is 1. The number of nitrogens with one attached hydrogen (secondary N) is 1. The van der Waals surface area contributed by atoms with E-state index >= 15 is 0 Å². The molecule has 564 valence electrons. The molecule has 10 rings (SSSR count). The second-order valence-corrected chi connectivity index (χ2v) is 34.9. The van der Waals surface area contributed by atoms with Crippen molar-refractivity contribution in [1.29, 1.82) is 0 Å². The Morgan fingerprint density at radius 2 is 0.670 bits per heavy atom. The van der Waals surface area contributed by atoms with Crippen molar-refractivity contribution >= 4 is 11.4 Å². The van der Waals surface area contributed by atoms with E-state index in [1.165, 1.54) is 0 Å². The van der Waals surface area contributed by atoms with E-state index in [9.17, 15) is 25.3 Å². The summed E-state index contributed by atoms with van der Waals surface area (Å²) in [5.74, 6) is 5.33. The molecule has 18 nitrogen and oxygen atoms in total.